The van der Waals surface area contributed by atoms with Gasteiger partial charge in [-0.1, -0.05) is 18.2 Å². The Labute approximate surface area is 155 Å². The van der Waals surface area contributed by atoms with E-state index in [1.807, 2.05) is 0 Å². The van der Waals surface area contributed by atoms with Crippen LogP contribution in [0.3, 0.4) is 0 Å². The molecule has 2 rings (SSSR count). The van der Waals surface area contributed by atoms with E-state index in [1.165, 1.54) is 20.0 Å². The van der Waals surface area contributed by atoms with E-state index in [2.05, 4.69) is 16.0 Å². The van der Waals surface area contributed by atoms with Crippen LogP contribution < -0.4 is 16.0 Å². The fourth-order valence-electron chi connectivity index (χ4n) is 2.44. The lowest BCUT2D eigenvalue weighted by molar-refractivity contribution is -0.128. The Morgan fingerprint density at radius 2 is 1.67 bits per heavy atom. The number of halogens is 2. The Morgan fingerprint density at radius 3 is 2.22 bits per heavy atom. The van der Waals surface area contributed by atoms with Gasteiger partial charge in [0, 0.05) is 19.7 Å². The van der Waals surface area contributed by atoms with Crippen molar-refractivity contribution in [2.24, 2.45) is 0 Å². The molecule has 6 nitrogen and oxygen atoms in total. The number of benzene rings is 2. The molecule has 142 valence electrons. The van der Waals surface area contributed by atoms with Crippen molar-refractivity contribution in [2.45, 2.75) is 19.4 Å². The molecule has 27 heavy (non-hydrogen) atoms. The third-order valence-corrected chi connectivity index (χ3v) is 3.73. The highest BCUT2D eigenvalue weighted by Gasteiger charge is 2.23. The van der Waals surface area contributed by atoms with E-state index in [0.717, 1.165) is 12.1 Å². The molecule has 0 aliphatic heterocycles. The molecule has 0 aliphatic carbocycles. The van der Waals surface area contributed by atoms with Crippen molar-refractivity contribution in [1.82, 2.24) is 10.6 Å². The molecule has 0 radical (unpaired) electrons. The molecule has 8 heteroatoms. The Hall–Kier alpha value is -3.29. The zero-order valence-corrected chi connectivity index (χ0v) is 14.8. The number of carbonyl (C=O) groups is 3. The minimum atomic E-state index is -1.16. The van der Waals surface area contributed by atoms with Gasteiger partial charge in [-0.15, -0.1) is 0 Å². The molecule has 1 atom stereocenters. The van der Waals surface area contributed by atoms with Crippen LogP contribution >= 0.6 is 0 Å². The minimum Gasteiger partial charge on any atom is -0.357 e. The molecular formula is C19H19F2N3O3. The average molecular weight is 375 g/mol. The van der Waals surface area contributed by atoms with Crippen molar-refractivity contribution in [2.75, 3.05) is 12.4 Å². The third-order valence-electron chi connectivity index (χ3n) is 3.73. The summed E-state index contributed by atoms with van der Waals surface area (Å²) in [5, 5.41) is 7.51. The van der Waals surface area contributed by atoms with Crippen LogP contribution in [0.4, 0.5) is 14.5 Å². The number of nitrogens with one attached hydrogen (secondary N) is 3. The number of carbonyl (C=O) groups excluding carboxylic acids is 3. The molecule has 0 bridgehead atoms. The first kappa shape index (κ1) is 20.0. The van der Waals surface area contributed by atoms with Crippen LogP contribution in [0.5, 0.6) is 0 Å². The summed E-state index contributed by atoms with van der Waals surface area (Å²) in [5.74, 6) is -3.39. The molecule has 3 amide bonds. The van der Waals surface area contributed by atoms with Crippen LogP contribution in [0.2, 0.25) is 0 Å². The fraction of sp³-hybridized carbons (Fsp3) is 0.211. The highest BCUT2D eigenvalue weighted by Crippen LogP contribution is 2.17. The van der Waals surface area contributed by atoms with Crippen molar-refractivity contribution in [1.29, 1.82) is 0 Å². The number of likely N-dealkylation sites (N-methyl/N-ethyl adjacent to an activating group) is 1. The van der Waals surface area contributed by atoms with E-state index in [1.54, 1.807) is 24.3 Å². The summed E-state index contributed by atoms with van der Waals surface area (Å²) < 4.78 is 26.6. The van der Waals surface area contributed by atoms with Gasteiger partial charge in [-0.2, -0.15) is 0 Å². The second kappa shape index (κ2) is 8.88. The van der Waals surface area contributed by atoms with E-state index in [0.29, 0.717) is 11.3 Å². The fourth-order valence-corrected chi connectivity index (χ4v) is 2.44. The zero-order chi connectivity index (χ0) is 20.0. The van der Waals surface area contributed by atoms with Crippen molar-refractivity contribution in [3.8, 4) is 0 Å². The highest BCUT2D eigenvalue weighted by atomic mass is 19.2. The van der Waals surface area contributed by atoms with E-state index >= 15 is 0 Å². The van der Waals surface area contributed by atoms with Crippen LogP contribution in [0.25, 0.3) is 0 Å². The summed E-state index contributed by atoms with van der Waals surface area (Å²) in [4.78, 5) is 35.4. The van der Waals surface area contributed by atoms with Crippen molar-refractivity contribution in [3.05, 3.63) is 65.2 Å². The molecule has 0 spiro atoms. The quantitative estimate of drug-likeness (QED) is 0.722. The Bertz CT molecular complexity index is 854. The SMILES string of the molecule is CNC(=O)C(NC(=O)Cc1ccc(NC(C)=O)cc1)c1ccc(F)c(F)c1. The monoisotopic (exact) mass is 375 g/mol. The van der Waals surface area contributed by atoms with Crippen LogP contribution in [0, 0.1) is 11.6 Å². The van der Waals surface area contributed by atoms with Gasteiger partial charge < -0.3 is 16.0 Å². The maximum absolute atomic E-state index is 13.5. The molecular weight excluding hydrogens is 356 g/mol. The van der Waals surface area contributed by atoms with E-state index in [4.69, 9.17) is 0 Å². The summed E-state index contributed by atoms with van der Waals surface area (Å²) in [6.07, 6.45) is -0.0302. The summed E-state index contributed by atoms with van der Waals surface area (Å²) in [5.41, 5.74) is 1.38. The van der Waals surface area contributed by atoms with Gasteiger partial charge >= 0.3 is 0 Å². The van der Waals surface area contributed by atoms with E-state index < -0.39 is 29.5 Å². The van der Waals surface area contributed by atoms with Crippen molar-refractivity contribution < 1.29 is 23.2 Å². The highest BCUT2D eigenvalue weighted by molar-refractivity contribution is 5.90. The predicted octanol–water partition coefficient (Wildman–Crippen LogP) is 2.07. The maximum atomic E-state index is 13.5. The lowest BCUT2D eigenvalue weighted by Gasteiger charge is -2.18. The van der Waals surface area contributed by atoms with Crippen LogP contribution in [-0.2, 0) is 20.8 Å². The average Bonchev–Trinajstić information content (AvgIpc) is 2.62. The summed E-state index contributed by atoms with van der Waals surface area (Å²) >= 11 is 0. The first-order valence-electron chi connectivity index (χ1n) is 8.12. The molecule has 0 saturated carbocycles. The van der Waals surface area contributed by atoms with Gasteiger partial charge in [0.25, 0.3) is 0 Å². The summed E-state index contributed by atoms with van der Waals surface area (Å²) in [7, 11) is 1.38. The number of hydrogen-bond donors (Lipinski definition) is 3. The smallest absolute Gasteiger partial charge is 0.246 e. The van der Waals surface area contributed by atoms with Crippen molar-refractivity contribution >= 4 is 23.4 Å². The standard InChI is InChI=1S/C19H19F2N3O3/c1-11(25)23-14-6-3-12(4-7-14)9-17(26)24-18(19(27)22-2)13-5-8-15(20)16(21)10-13/h3-8,10,18H,9H2,1-2H3,(H,22,27)(H,23,25)(H,24,26). The molecule has 0 saturated heterocycles. The minimum absolute atomic E-state index is 0.0302. The molecule has 0 heterocycles. The Kier molecular flexibility index (Phi) is 6.59. The van der Waals surface area contributed by atoms with Gasteiger partial charge in [0.05, 0.1) is 6.42 Å². The van der Waals surface area contributed by atoms with Crippen LogP contribution in [0.1, 0.15) is 24.1 Å². The first-order valence-corrected chi connectivity index (χ1v) is 8.12. The molecule has 0 fully saturated rings. The van der Waals surface area contributed by atoms with Crippen molar-refractivity contribution in [3.63, 3.8) is 0 Å². The van der Waals surface area contributed by atoms with Gasteiger partial charge in [0.1, 0.15) is 6.04 Å². The van der Waals surface area contributed by atoms with Crippen LogP contribution in [-0.4, -0.2) is 24.8 Å². The summed E-state index contributed by atoms with van der Waals surface area (Å²) in [6.45, 7) is 1.39. The maximum Gasteiger partial charge on any atom is 0.246 e. The molecule has 0 aliphatic rings. The zero-order valence-electron chi connectivity index (χ0n) is 14.8. The number of rotatable bonds is 6. The largest absolute Gasteiger partial charge is 0.357 e. The lowest BCUT2D eigenvalue weighted by Crippen LogP contribution is -2.39. The summed E-state index contributed by atoms with van der Waals surface area (Å²) in [6, 6.07) is 8.47. The van der Waals surface area contributed by atoms with Gasteiger partial charge in [-0.3, -0.25) is 14.4 Å². The third kappa shape index (κ3) is 5.60. The Morgan fingerprint density at radius 1 is 1.00 bits per heavy atom. The number of amides is 3. The topological polar surface area (TPSA) is 87.3 Å². The normalized spacial score (nSPS) is 11.4. The molecule has 2 aromatic rings. The predicted molar refractivity (Wildman–Crippen MR) is 95.8 cm³/mol. The molecule has 3 N–H and O–H groups in total. The second-order valence-corrected chi connectivity index (χ2v) is 5.84. The Balaban J connectivity index is 2.10. The number of hydrogen-bond acceptors (Lipinski definition) is 3. The van der Waals surface area contributed by atoms with Gasteiger partial charge in [0.15, 0.2) is 11.6 Å². The molecule has 1 unspecified atom stereocenters. The first-order chi connectivity index (χ1) is 12.8. The van der Waals surface area contributed by atoms with Gasteiger partial charge in [-0.05, 0) is 35.4 Å². The van der Waals surface area contributed by atoms with E-state index in [-0.39, 0.29) is 17.9 Å². The lowest BCUT2D eigenvalue weighted by atomic mass is 10.0. The van der Waals surface area contributed by atoms with Gasteiger partial charge in [0.2, 0.25) is 17.7 Å². The molecule has 2 aromatic carbocycles. The van der Waals surface area contributed by atoms with Gasteiger partial charge in [-0.25, -0.2) is 8.78 Å². The van der Waals surface area contributed by atoms with E-state index in [9.17, 15) is 23.2 Å². The number of anilines is 1. The van der Waals surface area contributed by atoms with Crippen LogP contribution in [0.15, 0.2) is 42.5 Å². The second-order valence-electron chi connectivity index (χ2n) is 5.84. The molecule has 0 aromatic heterocycles.